The van der Waals surface area contributed by atoms with Gasteiger partial charge in [-0.1, -0.05) is 106 Å². The van der Waals surface area contributed by atoms with Crippen molar-refractivity contribution in [1.29, 1.82) is 0 Å². The summed E-state index contributed by atoms with van der Waals surface area (Å²) >= 11 is 0. The van der Waals surface area contributed by atoms with Gasteiger partial charge in [-0.2, -0.15) is 0 Å². The average Bonchev–Trinajstić information content (AvgIpc) is 2.68. The Morgan fingerprint density at radius 2 is 1.54 bits per heavy atom. The lowest BCUT2D eigenvalue weighted by molar-refractivity contribution is 0.153. The third-order valence-electron chi connectivity index (χ3n) is 6.37. The predicted molar refractivity (Wildman–Crippen MR) is 121 cm³/mol. The summed E-state index contributed by atoms with van der Waals surface area (Å²) in [6, 6.07) is 22.1. The number of hydrogen-bond acceptors (Lipinski definition) is 1. The molecule has 4 atom stereocenters. The molecule has 0 saturated heterocycles. The van der Waals surface area contributed by atoms with Crippen molar-refractivity contribution in [2.24, 2.45) is 0 Å². The Morgan fingerprint density at radius 1 is 1.00 bits per heavy atom. The van der Waals surface area contributed by atoms with Gasteiger partial charge in [0, 0.05) is 5.22 Å². The maximum Gasteiger partial charge on any atom is 0.224 e. The summed E-state index contributed by atoms with van der Waals surface area (Å²) in [4.78, 5) is 0. The molecule has 0 aliphatic carbocycles. The quantitative estimate of drug-likeness (QED) is 0.543. The monoisotopic (exact) mass is 384 g/mol. The van der Waals surface area contributed by atoms with Crippen LogP contribution >= 0.6 is 0 Å². The van der Waals surface area contributed by atoms with Gasteiger partial charge in [-0.05, 0) is 30.6 Å². The molecular weight excluding hydrogens is 348 g/mol. The Hall–Kier alpha value is -1.17. The highest BCUT2D eigenvalue weighted by Gasteiger charge is 2.45. The zero-order valence-corrected chi connectivity index (χ0v) is 19.6. The summed E-state index contributed by atoms with van der Waals surface area (Å²) in [6.45, 7) is 14.3. The molecule has 0 amide bonds. The van der Waals surface area contributed by atoms with Crippen molar-refractivity contribution in [2.75, 3.05) is 0 Å². The summed E-state index contributed by atoms with van der Waals surface area (Å²) in [7, 11) is -3.33. The van der Waals surface area contributed by atoms with Crippen LogP contribution in [0.25, 0.3) is 0 Å². The lowest BCUT2D eigenvalue weighted by Gasteiger charge is -2.45. The minimum Gasteiger partial charge on any atom is -0.410 e. The third-order valence-corrected chi connectivity index (χ3v) is 14.9. The molecule has 26 heavy (non-hydrogen) atoms. The van der Waals surface area contributed by atoms with Gasteiger partial charge in [0.2, 0.25) is 8.32 Å². The van der Waals surface area contributed by atoms with Gasteiger partial charge in [0.25, 0.3) is 0 Å². The highest BCUT2D eigenvalue weighted by atomic mass is 28.4. The average molecular weight is 385 g/mol. The van der Waals surface area contributed by atoms with Crippen LogP contribution in [0.4, 0.5) is 0 Å². The normalized spacial score (nSPS) is 18.5. The molecule has 0 aromatic heterocycles. The Bertz CT molecular complexity index is 660. The predicted octanol–water partition coefficient (Wildman–Crippen LogP) is 5.15. The molecule has 2 rings (SSSR count). The van der Waals surface area contributed by atoms with E-state index in [2.05, 4.69) is 101 Å². The Labute approximate surface area is 163 Å². The van der Waals surface area contributed by atoms with E-state index < -0.39 is 17.1 Å². The van der Waals surface area contributed by atoms with Gasteiger partial charge in [0.05, 0.1) is 0 Å². The molecule has 0 aliphatic heterocycles. The molecule has 0 N–H and O–H groups in total. The van der Waals surface area contributed by atoms with E-state index in [1.165, 1.54) is 23.2 Å². The lowest BCUT2D eigenvalue weighted by atomic mass is 10.3. The molecule has 0 aliphatic rings. The minimum absolute atomic E-state index is 0.0276. The summed E-state index contributed by atoms with van der Waals surface area (Å²) in [6.07, 6.45) is 3.52. The Kier molecular flexibility index (Phi) is 7.45. The van der Waals surface area contributed by atoms with Crippen molar-refractivity contribution in [2.45, 2.75) is 70.8 Å². The smallest absolute Gasteiger partial charge is 0.224 e. The van der Waals surface area contributed by atoms with Gasteiger partial charge in [-0.15, -0.1) is 0 Å². The summed E-state index contributed by atoms with van der Waals surface area (Å²) in [5, 5.41) is 2.92. The van der Waals surface area contributed by atoms with E-state index in [1.807, 2.05) is 0 Å². The third kappa shape index (κ3) is 4.56. The summed E-state index contributed by atoms with van der Waals surface area (Å²) < 4.78 is 7.29. The molecule has 0 radical (unpaired) electrons. The van der Waals surface area contributed by atoms with E-state index in [9.17, 15) is 0 Å². The number of rotatable bonds is 9. The lowest BCUT2D eigenvalue weighted by Crippen LogP contribution is -2.62. The van der Waals surface area contributed by atoms with Gasteiger partial charge >= 0.3 is 0 Å². The molecule has 3 heteroatoms. The summed E-state index contributed by atoms with van der Waals surface area (Å²) in [5.74, 6) is 0. The van der Waals surface area contributed by atoms with E-state index >= 15 is 0 Å². The molecule has 4 unspecified atom stereocenters. The Morgan fingerprint density at radius 3 is 2.04 bits per heavy atom. The topological polar surface area (TPSA) is 9.23 Å². The molecule has 142 valence electrons. The van der Waals surface area contributed by atoms with Crippen LogP contribution in [-0.2, 0) is 4.43 Å². The maximum absolute atomic E-state index is 7.29. The van der Waals surface area contributed by atoms with Gasteiger partial charge in [0.1, 0.15) is 8.80 Å². The van der Waals surface area contributed by atoms with Crippen molar-refractivity contribution in [3.05, 3.63) is 60.7 Å². The molecular formula is C23H36OSi2. The van der Waals surface area contributed by atoms with Gasteiger partial charge < -0.3 is 4.43 Å². The van der Waals surface area contributed by atoms with E-state index in [-0.39, 0.29) is 5.22 Å². The first kappa shape index (κ1) is 21.1. The van der Waals surface area contributed by atoms with Crippen LogP contribution < -0.4 is 10.4 Å². The molecule has 0 bridgehead atoms. The van der Waals surface area contributed by atoms with Crippen molar-refractivity contribution in [1.82, 2.24) is 0 Å². The second-order valence-corrected chi connectivity index (χ2v) is 15.4. The van der Waals surface area contributed by atoms with Crippen LogP contribution in [0.2, 0.25) is 18.6 Å². The highest BCUT2D eigenvalue weighted by molar-refractivity contribution is 6.87. The van der Waals surface area contributed by atoms with Crippen LogP contribution in [0.15, 0.2) is 60.7 Å². The SMILES string of the molecule is CCCC(C)[Si](C)(OC(C)(CC)[SiH](C)c1ccccc1)c1ccccc1. The van der Waals surface area contributed by atoms with E-state index in [4.69, 9.17) is 4.43 Å². The van der Waals surface area contributed by atoms with Gasteiger partial charge in [-0.25, -0.2) is 0 Å². The maximum atomic E-state index is 7.29. The molecule has 0 fully saturated rings. The largest absolute Gasteiger partial charge is 0.410 e. The molecule has 0 heterocycles. The fourth-order valence-corrected chi connectivity index (χ4v) is 11.2. The zero-order valence-electron chi connectivity index (χ0n) is 17.5. The van der Waals surface area contributed by atoms with E-state index in [0.29, 0.717) is 5.54 Å². The molecule has 2 aromatic rings. The van der Waals surface area contributed by atoms with Gasteiger partial charge in [0.15, 0.2) is 0 Å². The van der Waals surface area contributed by atoms with Crippen molar-refractivity contribution in [3.8, 4) is 0 Å². The second-order valence-electron chi connectivity index (χ2n) is 8.06. The van der Waals surface area contributed by atoms with Crippen LogP contribution in [0.5, 0.6) is 0 Å². The van der Waals surface area contributed by atoms with E-state index in [1.54, 1.807) is 0 Å². The van der Waals surface area contributed by atoms with Crippen molar-refractivity contribution < 1.29 is 4.43 Å². The number of hydrogen-bond donors (Lipinski definition) is 0. The molecule has 1 nitrogen and oxygen atoms in total. The first-order chi connectivity index (χ1) is 12.4. The van der Waals surface area contributed by atoms with Crippen LogP contribution in [-0.4, -0.2) is 22.3 Å². The fraction of sp³-hybridized carbons (Fsp3) is 0.478. The Balaban J connectivity index is 2.41. The molecule has 0 saturated carbocycles. The van der Waals surface area contributed by atoms with Crippen LogP contribution in [0, 0.1) is 0 Å². The second kappa shape index (κ2) is 9.16. The standard InChI is InChI=1S/C23H36OSi2/c1-7-15-20(3)26(6,22-18-13-10-14-19-22)24-23(4,8-2)25(5)21-16-11-9-12-17-21/h9-14,16-20,25H,7-8,15H2,1-6H3. The van der Waals surface area contributed by atoms with Crippen molar-refractivity contribution in [3.63, 3.8) is 0 Å². The summed E-state index contributed by atoms with van der Waals surface area (Å²) in [5.41, 5.74) is 0.609. The zero-order chi connectivity index (χ0) is 19.2. The highest BCUT2D eigenvalue weighted by Crippen LogP contribution is 2.33. The first-order valence-corrected chi connectivity index (χ1v) is 15.0. The van der Waals surface area contributed by atoms with E-state index in [0.717, 1.165) is 6.42 Å². The number of benzene rings is 2. The minimum atomic E-state index is -2.07. The van der Waals surface area contributed by atoms with Crippen LogP contribution in [0.3, 0.4) is 0 Å². The molecule has 0 spiro atoms. The van der Waals surface area contributed by atoms with Crippen molar-refractivity contribution >= 4 is 27.5 Å². The first-order valence-electron chi connectivity index (χ1n) is 10.2. The fourth-order valence-electron chi connectivity index (χ4n) is 3.97. The molecule has 2 aromatic carbocycles. The van der Waals surface area contributed by atoms with Gasteiger partial charge in [-0.3, -0.25) is 0 Å². The van der Waals surface area contributed by atoms with Crippen LogP contribution in [0.1, 0.15) is 47.0 Å².